The van der Waals surface area contributed by atoms with Crippen molar-refractivity contribution in [3.05, 3.63) is 59.5 Å². The fourth-order valence-corrected chi connectivity index (χ4v) is 3.50. The Morgan fingerprint density at radius 2 is 2.14 bits per heavy atom. The third kappa shape index (κ3) is 3.84. The van der Waals surface area contributed by atoms with Crippen molar-refractivity contribution in [1.29, 1.82) is 0 Å². The van der Waals surface area contributed by atoms with Crippen LogP contribution in [0.15, 0.2) is 48.1 Å². The number of hydrogen-bond donors (Lipinski definition) is 1. The van der Waals surface area contributed by atoms with Crippen molar-refractivity contribution >= 4 is 16.1 Å². The van der Waals surface area contributed by atoms with Crippen molar-refractivity contribution in [2.75, 3.05) is 6.54 Å². The maximum absolute atomic E-state index is 12.0. The third-order valence-corrected chi connectivity index (χ3v) is 4.93. The molecule has 0 aliphatic carbocycles. The molecular weight excluding hydrogens is 298 g/mol. The lowest BCUT2D eigenvalue weighted by molar-refractivity contribution is 0.380. The van der Waals surface area contributed by atoms with Crippen molar-refractivity contribution in [3.63, 3.8) is 0 Å². The molecule has 3 rings (SSSR count). The summed E-state index contributed by atoms with van der Waals surface area (Å²) in [5, 5.41) is 1.23. The summed E-state index contributed by atoms with van der Waals surface area (Å²) in [5.74, 6) is 1.34. The fraction of sp³-hybridized carbons (Fsp3) is 0.312. The molecule has 2 heterocycles. The Kier molecular flexibility index (Phi) is 4.40. The Bertz CT molecular complexity index is 751. The zero-order valence-corrected chi connectivity index (χ0v) is 13.0. The standard InChI is InChI=1S/C16H19N3O2S/c20-22(21,11-7-14-4-2-1-3-5-14)18-13-15-6-9-19-10-8-17-16(19)12-15/h1-5,7-8,10-11,15,18H,6,9,12-13H2/b11-7+. The Hall–Kier alpha value is -1.92. The monoisotopic (exact) mass is 317 g/mol. The average molecular weight is 317 g/mol. The van der Waals surface area contributed by atoms with Gasteiger partial charge >= 0.3 is 0 Å². The molecule has 1 aromatic heterocycles. The van der Waals surface area contributed by atoms with Crippen LogP contribution in [0.3, 0.4) is 0 Å². The van der Waals surface area contributed by atoms with Gasteiger partial charge in [0.25, 0.3) is 0 Å². The predicted molar refractivity (Wildman–Crippen MR) is 86.4 cm³/mol. The first-order valence-electron chi connectivity index (χ1n) is 7.35. The summed E-state index contributed by atoms with van der Waals surface area (Å²) in [4.78, 5) is 4.30. The maximum Gasteiger partial charge on any atom is 0.233 e. The van der Waals surface area contributed by atoms with E-state index in [1.807, 2.05) is 36.5 Å². The normalized spacial score (nSPS) is 18.5. The summed E-state index contributed by atoms with van der Waals surface area (Å²) in [7, 11) is -3.40. The number of fused-ring (bicyclic) bond motifs is 1. The molecule has 0 amide bonds. The molecule has 1 atom stereocenters. The SMILES string of the molecule is O=S(=O)(/C=C/c1ccccc1)NCC1CCn2ccnc2C1. The van der Waals surface area contributed by atoms with Crippen LogP contribution in [0.4, 0.5) is 0 Å². The summed E-state index contributed by atoms with van der Waals surface area (Å²) < 4.78 is 28.8. The first-order chi connectivity index (χ1) is 10.6. The Morgan fingerprint density at radius 3 is 2.95 bits per heavy atom. The maximum atomic E-state index is 12.0. The second-order valence-electron chi connectivity index (χ2n) is 5.50. The van der Waals surface area contributed by atoms with Gasteiger partial charge < -0.3 is 4.57 Å². The van der Waals surface area contributed by atoms with Gasteiger partial charge in [0.05, 0.1) is 0 Å². The summed E-state index contributed by atoms with van der Waals surface area (Å²) in [6.45, 7) is 1.36. The van der Waals surface area contributed by atoms with Gasteiger partial charge in [-0.15, -0.1) is 0 Å². The molecule has 0 radical (unpaired) electrons. The van der Waals surface area contributed by atoms with E-state index in [1.165, 1.54) is 5.41 Å². The van der Waals surface area contributed by atoms with Gasteiger partial charge in [-0.25, -0.2) is 18.1 Å². The highest BCUT2D eigenvalue weighted by atomic mass is 32.2. The van der Waals surface area contributed by atoms with E-state index in [0.717, 1.165) is 30.8 Å². The smallest absolute Gasteiger partial charge is 0.233 e. The van der Waals surface area contributed by atoms with Gasteiger partial charge in [-0.1, -0.05) is 30.3 Å². The molecular formula is C16H19N3O2S. The number of nitrogens with zero attached hydrogens (tertiary/aromatic N) is 2. The molecule has 1 N–H and O–H groups in total. The van der Waals surface area contributed by atoms with E-state index in [2.05, 4.69) is 14.3 Å². The van der Waals surface area contributed by atoms with Crippen LogP contribution in [-0.2, 0) is 23.0 Å². The van der Waals surface area contributed by atoms with E-state index in [9.17, 15) is 8.42 Å². The lowest BCUT2D eigenvalue weighted by Gasteiger charge is -2.23. The van der Waals surface area contributed by atoms with Gasteiger partial charge in [-0.05, 0) is 24.0 Å². The number of imidazole rings is 1. The van der Waals surface area contributed by atoms with Crippen molar-refractivity contribution in [2.24, 2.45) is 5.92 Å². The second kappa shape index (κ2) is 6.46. The van der Waals surface area contributed by atoms with Gasteiger partial charge in [-0.2, -0.15) is 0 Å². The van der Waals surface area contributed by atoms with Crippen LogP contribution in [-0.4, -0.2) is 24.5 Å². The van der Waals surface area contributed by atoms with Gasteiger partial charge in [-0.3, -0.25) is 0 Å². The lowest BCUT2D eigenvalue weighted by Crippen LogP contribution is -2.32. The Balaban J connectivity index is 1.56. The molecule has 22 heavy (non-hydrogen) atoms. The van der Waals surface area contributed by atoms with E-state index >= 15 is 0 Å². The average Bonchev–Trinajstić information content (AvgIpc) is 3.00. The summed E-state index contributed by atoms with van der Waals surface area (Å²) in [6.07, 6.45) is 7.16. The summed E-state index contributed by atoms with van der Waals surface area (Å²) >= 11 is 0. The molecule has 1 unspecified atom stereocenters. The quantitative estimate of drug-likeness (QED) is 0.918. The van der Waals surface area contributed by atoms with E-state index < -0.39 is 10.0 Å². The van der Waals surface area contributed by atoms with Gasteiger partial charge in [0, 0.05) is 37.3 Å². The first-order valence-corrected chi connectivity index (χ1v) is 8.90. The van der Waals surface area contributed by atoms with Crippen molar-refractivity contribution in [2.45, 2.75) is 19.4 Å². The molecule has 1 aromatic carbocycles. The number of hydrogen-bond acceptors (Lipinski definition) is 3. The minimum Gasteiger partial charge on any atom is -0.335 e. The molecule has 0 bridgehead atoms. The van der Waals surface area contributed by atoms with Crippen LogP contribution in [0, 0.1) is 5.92 Å². The molecule has 2 aromatic rings. The summed E-state index contributed by atoms with van der Waals surface area (Å²) in [5.41, 5.74) is 0.868. The molecule has 0 saturated heterocycles. The minimum atomic E-state index is -3.40. The molecule has 0 spiro atoms. The molecule has 116 valence electrons. The van der Waals surface area contributed by atoms with Crippen molar-refractivity contribution in [1.82, 2.24) is 14.3 Å². The highest BCUT2D eigenvalue weighted by molar-refractivity contribution is 7.92. The lowest BCUT2D eigenvalue weighted by atomic mass is 9.98. The summed E-state index contributed by atoms with van der Waals surface area (Å²) in [6, 6.07) is 9.39. The minimum absolute atomic E-state index is 0.301. The number of rotatable bonds is 5. The highest BCUT2D eigenvalue weighted by Gasteiger charge is 2.20. The molecule has 6 heteroatoms. The number of nitrogens with one attached hydrogen (secondary N) is 1. The van der Waals surface area contributed by atoms with Gasteiger partial charge in [0.2, 0.25) is 10.0 Å². The van der Waals surface area contributed by atoms with Crippen molar-refractivity contribution in [3.8, 4) is 0 Å². The van der Waals surface area contributed by atoms with Crippen LogP contribution in [0.25, 0.3) is 6.08 Å². The molecule has 5 nitrogen and oxygen atoms in total. The fourth-order valence-electron chi connectivity index (χ4n) is 2.60. The highest BCUT2D eigenvalue weighted by Crippen LogP contribution is 2.18. The Labute approximate surface area is 130 Å². The van der Waals surface area contributed by atoms with Gasteiger partial charge in [0.1, 0.15) is 5.82 Å². The number of sulfonamides is 1. The first kappa shape index (κ1) is 15.0. The van der Waals surface area contributed by atoms with Gasteiger partial charge in [0.15, 0.2) is 0 Å². The largest absolute Gasteiger partial charge is 0.335 e. The van der Waals surface area contributed by atoms with E-state index in [1.54, 1.807) is 12.3 Å². The number of aromatic nitrogens is 2. The van der Waals surface area contributed by atoms with E-state index in [4.69, 9.17) is 0 Å². The van der Waals surface area contributed by atoms with Crippen LogP contribution < -0.4 is 4.72 Å². The molecule has 0 fully saturated rings. The number of aryl methyl sites for hydroxylation is 1. The molecule has 1 aliphatic heterocycles. The van der Waals surface area contributed by atoms with Crippen LogP contribution in [0.2, 0.25) is 0 Å². The van der Waals surface area contributed by atoms with Crippen LogP contribution in [0.1, 0.15) is 17.8 Å². The van der Waals surface area contributed by atoms with E-state index in [0.29, 0.717) is 12.5 Å². The predicted octanol–water partition coefficient (Wildman–Crippen LogP) is 2.04. The Morgan fingerprint density at radius 1 is 1.32 bits per heavy atom. The van der Waals surface area contributed by atoms with E-state index in [-0.39, 0.29) is 0 Å². The number of benzene rings is 1. The third-order valence-electron chi connectivity index (χ3n) is 3.86. The zero-order valence-electron chi connectivity index (χ0n) is 12.2. The van der Waals surface area contributed by atoms with Crippen LogP contribution in [0.5, 0.6) is 0 Å². The zero-order chi connectivity index (χ0) is 15.4. The second-order valence-corrected chi connectivity index (χ2v) is 7.15. The molecule has 1 aliphatic rings. The van der Waals surface area contributed by atoms with Crippen LogP contribution >= 0.6 is 0 Å². The topological polar surface area (TPSA) is 64.0 Å². The molecule has 0 saturated carbocycles. The van der Waals surface area contributed by atoms with Crippen molar-refractivity contribution < 1.29 is 8.42 Å².